The molecule has 0 atom stereocenters. The standard InChI is InChI=1S/C19H19N3O/c1-14-19(21(2)3)17(15-10-6-4-7-11-15)18(20-22(14)23)16-12-8-5-9-13-16/h4-13H,1-3H3. The van der Waals surface area contributed by atoms with Crippen LogP contribution in [-0.4, -0.2) is 19.2 Å². The van der Waals surface area contributed by atoms with E-state index in [1.54, 1.807) is 6.92 Å². The monoisotopic (exact) mass is 305 g/mol. The zero-order chi connectivity index (χ0) is 16.4. The molecule has 4 heteroatoms. The second kappa shape index (κ2) is 6.08. The van der Waals surface area contributed by atoms with Crippen LogP contribution >= 0.6 is 0 Å². The van der Waals surface area contributed by atoms with Crippen LogP contribution in [-0.2, 0) is 0 Å². The molecule has 0 saturated carbocycles. The van der Waals surface area contributed by atoms with Crippen LogP contribution in [0.3, 0.4) is 0 Å². The van der Waals surface area contributed by atoms with Crippen molar-refractivity contribution in [3.05, 3.63) is 71.6 Å². The van der Waals surface area contributed by atoms with Crippen molar-refractivity contribution in [2.45, 2.75) is 6.92 Å². The first-order valence-corrected chi connectivity index (χ1v) is 7.52. The molecule has 0 saturated heterocycles. The molecular weight excluding hydrogens is 286 g/mol. The first-order valence-electron chi connectivity index (χ1n) is 7.52. The van der Waals surface area contributed by atoms with Crippen molar-refractivity contribution in [3.8, 4) is 22.4 Å². The van der Waals surface area contributed by atoms with Gasteiger partial charge in [-0.15, -0.1) is 0 Å². The van der Waals surface area contributed by atoms with E-state index < -0.39 is 0 Å². The molecule has 3 aromatic rings. The zero-order valence-electron chi connectivity index (χ0n) is 13.5. The van der Waals surface area contributed by atoms with Gasteiger partial charge >= 0.3 is 0 Å². The molecule has 0 aliphatic carbocycles. The Morgan fingerprint density at radius 2 is 1.39 bits per heavy atom. The molecule has 2 aromatic carbocycles. The average Bonchev–Trinajstić information content (AvgIpc) is 2.58. The highest BCUT2D eigenvalue weighted by Gasteiger charge is 2.24. The molecule has 3 rings (SSSR count). The smallest absolute Gasteiger partial charge is 0.242 e. The molecule has 0 aliphatic rings. The summed E-state index contributed by atoms with van der Waals surface area (Å²) in [5, 5.41) is 16.6. The third-order valence-corrected chi connectivity index (χ3v) is 3.85. The minimum absolute atomic E-state index is 0.591. The minimum Gasteiger partial charge on any atom is -0.594 e. The Kier molecular flexibility index (Phi) is 3.98. The normalized spacial score (nSPS) is 10.6. The highest BCUT2D eigenvalue weighted by atomic mass is 16.5. The number of nitrogens with zero attached hydrogens (tertiary/aromatic N) is 3. The predicted octanol–water partition coefficient (Wildman–Crippen LogP) is 3.42. The quantitative estimate of drug-likeness (QED) is 0.550. The summed E-state index contributed by atoms with van der Waals surface area (Å²) in [4.78, 5) is 2.68. The molecule has 1 heterocycles. The van der Waals surface area contributed by atoms with Gasteiger partial charge in [0.1, 0.15) is 11.4 Å². The van der Waals surface area contributed by atoms with Gasteiger partial charge in [0.2, 0.25) is 5.69 Å². The van der Waals surface area contributed by atoms with Crippen molar-refractivity contribution >= 4 is 5.69 Å². The Morgan fingerprint density at radius 3 is 1.91 bits per heavy atom. The molecule has 0 spiro atoms. The molecule has 0 N–H and O–H groups in total. The first kappa shape index (κ1) is 15.0. The molecule has 0 fully saturated rings. The summed E-state index contributed by atoms with van der Waals surface area (Å²) in [5.74, 6) is 0. The number of anilines is 1. The van der Waals surface area contributed by atoms with Crippen LogP contribution in [0.5, 0.6) is 0 Å². The number of benzene rings is 2. The van der Waals surface area contributed by atoms with E-state index in [9.17, 15) is 5.21 Å². The summed E-state index contributed by atoms with van der Waals surface area (Å²) >= 11 is 0. The molecule has 0 aliphatic heterocycles. The summed E-state index contributed by atoms with van der Waals surface area (Å²) in [7, 11) is 3.90. The minimum atomic E-state index is 0.591. The lowest BCUT2D eigenvalue weighted by Gasteiger charge is -2.20. The van der Waals surface area contributed by atoms with Crippen molar-refractivity contribution in [3.63, 3.8) is 0 Å². The van der Waals surface area contributed by atoms with Crippen molar-refractivity contribution in [1.29, 1.82) is 0 Å². The second-order valence-electron chi connectivity index (χ2n) is 5.66. The summed E-state index contributed by atoms with van der Waals surface area (Å²) in [6.45, 7) is 1.80. The lowest BCUT2D eigenvalue weighted by Crippen LogP contribution is -2.37. The second-order valence-corrected chi connectivity index (χ2v) is 5.66. The van der Waals surface area contributed by atoms with Gasteiger partial charge in [-0.2, -0.15) is 0 Å². The van der Waals surface area contributed by atoms with E-state index in [1.807, 2.05) is 79.7 Å². The molecule has 0 radical (unpaired) electrons. The Balaban J connectivity index is 2.40. The predicted molar refractivity (Wildman–Crippen MR) is 93.1 cm³/mol. The van der Waals surface area contributed by atoms with E-state index in [4.69, 9.17) is 0 Å². The fourth-order valence-electron chi connectivity index (χ4n) is 2.82. The van der Waals surface area contributed by atoms with Gasteiger partial charge in [0, 0.05) is 37.2 Å². The number of hydrogen-bond donors (Lipinski definition) is 0. The maximum Gasteiger partial charge on any atom is 0.242 e. The maximum absolute atomic E-state index is 12.3. The average molecular weight is 305 g/mol. The maximum atomic E-state index is 12.3. The topological polar surface area (TPSA) is 43.1 Å². The van der Waals surface area contributed by atoms with E-state index >= 15 is 0 Å². The zero-order valence-corrected chi connectivity index (χ0v) is 13.5. The van der Waals surface area contributed by atoms with Crippen LogP contribution < -0.4 is 9.75 Å². The third-order valence-electron chi connectivity index (χ3n) is 3.85. The fraction of sp³-hybridized carbons (Fsp3) is 0.158. The molecule has 1 aromatic heterocycles. The molecule has 0 bridgehead atoms. The van der Waals surface area contributed by atoms with E-state index in [0.29, 0.717) is 16.2 Å². The Labute approximate surface area is 136 Å². The Hall–Kier alpha value is -2.88. The van der Waals surface area contributed by atoms with Crippen LogP contribution in [0.2, 0.25) is 0 Å². The van der Waals surface area contributed by atoms with Crippen LogP contribution in [0.25, 0.3) is 22.4 Å². The Morgan fingerprint density at radius 1 is 0.870 bits per heavy atom. The molecule has 23 heavy (non-hydrogen) atoms. The van der Waals surface area contributed by atoms with Gasteiger partial charge < -0.3 is 10.1 Å². The van der Waals surface area contributed by atoms with E-state index in [-0.39, 0.29) is 0 Å². The van der Waals surface area contributed by atoms with E-state index in [1.165, 1.54) is 0 Å². The summed E-state index contributed by atoms with van der Waals surface area (Å²) in [6.07, 6.45) is 0. The van der Waals surface area contributed by atoms with Crippen molar-refractivity contribution in [1.82, 2.24) is 5.10 Å². The van der Waals surface area contributed by atoms with Crippen LogP contribution in [0, 0.1) is 12.1 Å². The van der Waals surface area contributed by atoms with E-state index in [0.717, 1.165) is 22.4 Å². The Bertz CT molecular complexity index is 815. The van der Waals surface area contributed by atoms with Crippen LogP contribution in [0.15, 0.2) is 60.7 Å². The van der Waals surface area contributed by atoms with Gasteiger partial charge in [-0.05, 0) is 5.56 Å². The third kappa shape index (κ3) is 2.75. The summed E-state index contributed by atoms with van der Waals surface area (Å²) < 4.78 is 0. The largest absolute Gasteiger partial charge is 0.594 e. The van der Waals surface area contributed by atoms with Crippen molar-refractivity contribution < 1.29 is 4.85 Å². The van der Waals surface area contributed by atoms with Crippen molar-refractivity contribution in [2.24, 2.45) is 0 Å². The van der Waals surface area contributed by atoms with Gasteiger partial charge in [-0.25, -0.2) is 0 Å². The highest BCUT2D eigenvalue weighted by Crippen LogP contribution is 2.38. The fourth-order valence-corrected chi connectivity index (χ4v) is 2.82. The van der Waals surface area contributed by atoms with Gasteiger partial charge in [0.05, 0.1) is 0 Å². The highest BCUT2D eigenvalue weighted by molar-refractivity contribution is 5.90. The van der Waals surface area contributed by atoms with E-state index in [2.05, 4.69) is 5.10 Å². The van der Waals surface area contributed by atoms with Crippen LogP contribution in [0.1, 0.15) is 5.69 Å². The molecule has 0 unspecified atom stereocenters. The van der Waals surface area contributed by atoms with Crippen molar-refractivity contribution in [2.75, 3.05) is 19.0 Å². The van der Waals surface area contributed by atoms with Gasteiger partial charge in [-0.3, -0.25) is 0 Å². The molecule has 116 valence electrons. The van der Waals surface area contributed by atoms with Crippen LogP contribution in [0.4, 0.5) is 5.69 Å². The molecule has 4 nitrogen and oxygen atoms in total. The lowest BCUT2D eigenvalue weighted by molar-refractivity contribution is -0.673. The summed E-state index contributed by atoms with van der Waals surface area (Å²) in [6, 6.07) is 19.9. The SMILES string of the molecule is Cc1c(N(C)C)c(-c2ccccc2)c(-c2ccccc2)n[n+]1[O-]. The number of hydrogen-bond acceptors (Lipinski definition) is 3. The number of rotatable bonds is 3. The summed E-state index contributed by atoms with van der Waals surface area (Å²) in [5.41, 5.74) is 5.13. The lowest BCUT2D eigenvalue weighted by atomic mass is 9.97. The van der Waals surface area contributed by atoms with Gasteiger partial charge in [0.15, 0.2) is 0 Å². The number of aromatic nitrogens is 2. The molecule has 0 amide bonds. The first-order chi connectivity index (χ1) is 11.1. The van der Waals surface area contributed by atoms with Gasteiger partial charge in [-0.1, -0.05) is 65.5 Å². The molecular formula is C19H19N3O. The van der Waals surface area contributed by atoms with Gasteiger partial charge in [0.25, 0.3) is 0 Å².